The molecule has 2 aromatic carbocycles. The van der Waals surface area contributed by atoms with Crippen LogP contribution in [0.15, 0.2) is 48.5 Å². The lowest BCUT2D eigenvalue weighted by molar-refractivity contribution is -0.138. The summed E-state index contributed by atoms with van der Waals surface area (Å²) in [6.45, 7) is 0.792. The van der Waals surface area contributed by atoms with Gasteiger partial charge in [-0.15, -0.1) is 0 Å². The molecule has 214 valence electrons. The van der Waals surface area contributed by atoms with Crippen LogP contribution in [0, 0.1) is 17.6 Å². The number of hydrogen-bond donors (Lipinski definition) is 3. The average molecular weight is 566 g/mol. The minimum atomic E-state index is -1.44. The smallest absolute Gasteiger partial charge is 0.270 e. The molecule has 41 heavy (non-hydrogen) atoms. The van der Waals surface area contributed by atoms with Gasteiger partial charge in [0.05, 0.1) is 30.3 Å². The SMILES string of the molecule is C[C@H](NC(=O)C1C[C@@H](F)CN1C(=O)CNC(=O)c1ccc2cc(F)ccc2n1)c1c(/C=C/C2CC2)ccc(N)c1F. The van der Waals surface area contributed by atoms with E-state index in [4.69, 9.17) is 5.73 Å². The molecule has 1 saturated heterocycles. The highest BCUT2D eigenvalue weighted by molar-refractivity contribution is 5.97. The minimum absolute atomic E-state index is 0.0144. The van der Waals surface area contributed by atoms with Crippen LogP contribution < -0.4 is 16.4 Å². The topological polar surface area (TPSA) is 117 Å². The summed E-state index contributed by atoms with van der Waals surface area (Å²) in [4.78, 5) is 44.1. The molecule has 1 aromatic heterocycles. The number of nitrogens with zero attached hydrogens (tertiary/aromatic N) is 2. The molecule has 11 heteroatoms. The summed E-state index contributed by atoms with van der Waals surface area (Å²) >= 11 is 0. The van der Waals surface area contributed by atoms with Gasteiger partial charge < -0.3 is 21.3 Å². The third-order valence-electron chi connectivity index (χ3n) is 7.36. The Labute approximate surface area is 234 Å². The third-order valence-corrected chi connectivity index (χ3v) is 7.36. The highest BCUT2D eigenvalue weighted by Gasteiger charge is 2.40. The number of allylic oxidation sites excluding steroid dienone is 1. The number of amides is 3. The van der Waals surface area contributed by atoms with Crippen LogP contribution in [0.2, 0.25) is 0 Å². The number of carbonyl (C=O) groups excluding carboxylic acids is 3. The van der Waals surface area contributed by atoms with Gasteiger partial charge in [0.2, 0.25) is 11.8 Å². The van der Waals surface area contributed by atoms with E-state index in [0.717, 1.165) is 17.7 Å². The van der Waals surface area contributed by atoms with Crippen molar-refractivity contribution in [3.8, 4) is 0 Å². The van der Waals surface area contributed by atoms with Gasteiger partial charge in [-0.3, -0.25) is 14.4 Å². The fourth-order valence-electron chi connectivity index (χ4n) is 5.00. The maximum absolute atomic E-state index is 15.1. The number of aromatic nitrogens is 1. The lowest BCUT2D eigenvalue weighted by Crippen LogP contribution is -2.49. The van der Waals surface area contributed by atoms with Crippen LogP contribution in [-0.4, -0.2) is 52.9 Å². The number of carbonyl (C=O) groups is 3. The Hall–Kier alpha value is -4.41. The van der Waals surface area contributed by atoms with Crippen molar-refractivity contribution in [1.82, 2.24) is 20.5 Å². The molecule has 0 spiro atoms. The summed E-state index contributed by atoms with van der Waals surface area (Å²) in [6.07, 6.45) is 4.29. The van der Waals surface area contributed by atoms with Crippen molar-refractivity contribution in [3.63, 3.8) is 0 Å². The molecule has 2 fully saturated rings. The number of nitrogen functional groups attached to an aromatic ring is 1. The quantitative estimate of drug-likeness (QED) is 0.356. The molecule has 3 atom stereocenters. The number of hydrogen-bond acceptors (Lipinski definition) is 5. The van der Waals surface area contributed by atoms with E-state index in [9.17, 15) is 23.2 Å². The molecule has 1 unspecified atom stereocenters. The Kier molecular flexibility index (Phi) is 7.96. The van der Waals surface area contributed by atoms with Crippen LogP contribution >= 0.6 is 0 Å². The predicted molar refractivity (Wildman–Crippen MR) is 148 cm³/mol. The summed E-state index contributed by atoms with van der Waals surface area (Å²) in [6, 6.07) is 8.07. The number of nitrogens with one attached hydrogen (secondary N) is 2. The monoisotopic (exact) mass is 565 g/mol. The van der Waals surface area contributed by atoms with Gasteiger partial charge in [-0.05, 0) is 61.6 Å². The number of alkyl halides is 1. The second kappa shape index (κ2) is 11.6. The lowest BCUT2D eigenvalue weighted by atomic mass is 9.98. The van der Waals surface area contributed by atoms with Gasteiger partial charge in [-0.1, -0.05) is 24.3 Å². The van der Waals surface area contributed by atoms with E-state index in [1.807, 2.05) is 12.2 Å². The van der Waals surface area contributed by atoms with Crippen molar-refractivity contribution in [2.75, 3.05) is 18.8 Å². The molecule has 4 N–H and O–H groups in total. The number of fused-ring (bicyclic) bond motifs is 1. The Morgan fingerprint density at radius 3 is 2.68 bits per heavy atom. The van der Waals surface area contributed by atoms with Crippen LogP contribution in [0.5, 0.6) is 0 Å². The van der Waals surface area contributed by atoms with Crippen LogP contribution in [0.25, 0.3) is 17.0 Å². The number of anilines is 1. The van der Waals surface area contributed by atoms with Gasteiger partial charge in [0, 0.05) is 17.4 Å². The summed E-state index contributed by atoms with van der Waals surface area (Å²) in [5.74, 6) is -2.57. The first-order chi connectivity index (χ1) is 19.6. The lowest BCUT2D eigenvalue weighted by Gasteiger charge is -2.26. The number of benzene rings is 2. The molecule has 1 aliphatic carbocycles. The van der Waals surface area contributed by atoms with E-state index in [0.29, 0.717) is 22.4 Å². The van der Waals surface area contributed by atoms with Gasteiger partial charge in [-0.2, -0.15) is 0 Å². The van der Waals surface area contributed by atoms with E-state index < -0.39 is 54.2 Å². The number of rotatable bonds is 8. The fourth-order valence-corrected chi connectivity index (χ4v) is 5.00. The minimum Gasteiger partial charge on any atom is -0.396 e. The number of pyridine rings is 1. The summed E-state index contributed by atoms with van der Waals surface area (Å²) in [7, 11) is 0. The molecular formula is C30H30F3N5O3. The van der Waals surface area contributed by atoms with E-state index in [1.54, 1.807) is 13.0 Å². The van der Waals surface area contributed by atoms with Crippen molar-refractivity contribution >= 4 is 40.4 Å². The van der Waals surface area contributed by atoms with E-state index in [1.165, 1.54) is 36.4 Å². The molecule has 3 amide bonds. The highest BCUT2D eigenvalue weighted by atomic mass is 19.1. The fraction of sp³-hybridized carbons (Fsp3) is 0.333. The van der Waals surface area contributed by atoms with Crippen molar-refractivity contribution in [1.29, 1.82) is 0 Å². The third kappa shape index (κ3) is 6.34. The van der Waals surface area contributed by atoms with Gasteiger partial charge >= 0.3 is 0 Å². The normalized spacial score (nSPS) is 19.5. The van der Waals surface area contributed by atoms with Crippen LogP contribution in [0.4, 0.5) is 18.9 Å². The van der Waals surface area contributed by atoms with Crippen molar-refractivity contribution < 1.29 is 27.6 Å². The number of halogens is 3. The van der Waals surface area contributed by atoms with Crippen LogP contribution in [0.3, 0.4) is 0 Å². The predicted octanol–water partition coefficient (Wildman–Crippen LogP) is 4.06. The number of likely N-dealkylation sites (tertiary alicyclic amines) is 1. The molecule has 0 bridgehead atoms. The highest BCUT2D eigenvalue weighted by Crippen LogP contribution is 2.33. The first-order valence-electron chi connectivity index (χ1n) is 13.4. The standard InChI is InChI=1S/C30H30F3N5O3/c1-16(27-18(5-4-17-2-3-17)6-9-22(34)28(27)33)36-30(41)25-13-21(32)15-38(25)26(39)14-35-29(40)24-10-7-19-12-20(31)8-11-23(19)37-24/h4-12,16-17,21,25H,2-3,13-15,34H2,1H3,(H,35,40)(H,36,41)/b5-4+/t16-,21+,25?/m0/s1. The zero-order valence-corrected chi connectivity index (χ0v) is 22.4. The van der Waals surface area contributed by atoms with Crippen LogP contribution in [0.1, 0.15) is 53.8 Å². The molecule has 2 heterocycles. The van der Waals surface area contributed by atoms with Crippen molar-refractivity contribution in [2.45, 2.75) is 44.4 Å². The maximum atomic E-state index is 15.1. The molecule has 3 aromatic rings. The molecule has 8 nitrogen and oxygen atoms in total. The Bertz CT molecular complexity index is 1540. The zero-order chi connectivity index (χ0) is 29.3. The molecule has 2 aliphatic rings. The number of nitrogens with two attached hydrogens (primary N) is 1. The first-order valence-corrected chi connectivity index (χ1v) is 13.4. The molecule has 1 aliphatic heterocycles. The second-order valence-corrected chi connectivity index (χ2v) is 10.5. The second-order valence-electron chi connectivity index (χ2n) is 10.5. The summed E-state index contributed by atoms with van der Waals surface area (Å²) < 4.78 is 42.9. The van der Waals surface area contributed by atoms with Gasteiger partial charge in [0.1, 0.15) is 23.7 Å². The zero-order valence-electron chi connectivity index (χ0n) is 22.4. The molecular weight excluding hydrogens is 535 g/mol. The maximum Gasteiger partial charge on any atom is 0.270 e. The van der Waals surface area contributed by atoms with Crippen LogP contribution in [-0.2, 0) is 9.59 Å². The van der Waals surface area contributed by atoms with Gasteiger partial charge in [0.25, 0.3) is 5.91 Å². The van der Waals surface area contributed by atoms with E-state index >= 15 is 4.39 Å². The van der Waals surface area contributed by atoms with E-state index in [-0.39, 0.29) is 29.9 Å². The van der Waals surface area contributed by atoms with Crippen molar-refractivity contribution in [3.05, 3.63) is 77.0 Å². The Morgan fingerprint density at radius 1 is 1.15 bits per heavy atom. The summed E-state index contributed by atoms with van der Waals surface area (Å²) in [5.41, 5.74) is 6.94. The summed E-state index contributed by atoms with van der Waals surface area (Å²) in [5, 5.41) is 5.67. The first kappa shape index (κ1) is 28.1. The molecule has 5 rings (SSSR count). The average Bonchev–Trinajstić information content (AvgIpc) is 3.70. The Morgan fingerprint density at radius 2 is 1.93 bits per heavy atom. The molecule has 0 radical (unpaired) electrons. The van der Waals surface area contributed by atoms with Crippen molar-refractivity contribution in [2.24, 2.45) is 5.92 Å². The molecule has 1 saturated carbocycles. The van der Waals surface area contributed by atoms with Gasteiger partial charge in [-0.25, -0.2) is 18.2 Å². The van der Waals surface area contributed by atoms with E-state index in [2.05, 4.69) is 15.6 Å². The van der Waals surface area contributed by atoms with Gasteiger partial charge in [0.15, 0.2) is 5.82 Å². The largest absolute Gasteiger partial charge is 0.396 e. The Balaban J connectivity index is 1.24.